The number of hydrogen-bond acceptors (Lipinski definition) is 7. The van der Waals surface area contributed by atoms with Gasteiger partial charge < -0.3 is 14.2 Å². The predicted octanol–water partition coefficient (Wildman–Crippen LogP) is 6.27. The highest BCUT2D eigenvalue weighted by Crippen LogP contribution is 2.39. The van der Waals surface area contributed by atoms with E-state index in [1.165, 1.54) is 0 Å². The summed E-state index contributed by atoms with van der Waals surface area (Å²) in [4.78, 5) is 39.7. The van der Waals surface area contributed by atoms with E-state index < -0.39 is 29.4 Å². The molecule has 1 heterocycles. The summed E-state index contributed by atoms with van der Waals surface area (Å²) in [6, 6.07) is 9.19. The minimum Gasteiger partial charge on any atom is -0.462 e. The molecule has 0 radical (unpaired) electrons. The minimum atomic E-state index is -0.936. The SMILES string of the molecule is CCOC(=O)c1c(-c2ccccc2)csc1N(C(=O)OC(C)(C)C)C(=O)OC(C)(C)C. The molecule has 0 aliphatic carbocycles. The summed E-state index contributed by atoms with van der Waals surface area (Å²) < 4.78 is 16.1. The molecule has 0 bridgehead atoms. The second-order valence-electron chi connectivity index (χ2n) is 8.71. The number of nitrogens with zero attached hydrogens (tertiary/aromatic N) is 1. The van der Waals surface area contributed by atoms with Gasteiger partial charge in [0.1, 0.15) is 21.8 Å². The van der Waals surface area contributed by atoms with Crippen LogP contribution >= 0.6 is 11.3 Å². The second-order valence-corrected chi connectivity index (χ2v) is 9.57. The highest BCUT2D eigenvalue weighted by molar-refractivity contribution is 7.15. The van der Waals surface area contributed by atoms with Crippen molar-refractivity contribution in [1.82, 2.24) is 0 Å². The van der Waals surface area contributed by atoms with Crippen LogP contribution in [0.25, 0.3) is 11.1 Å². The molecule has 0 aliphatic rings. The first-order valence-corrected chi connectivity index (χ1v) is 10.8. The van der Waals surface area contributed by atoms with Gasteiger partial charge in [-0.3, -0.25) is 0 Å². The first kappa shape index (κ1) is 24.4. The molecule has 168 valence electrons. The van der Waals surface area contributed by atoms with Crippen molar-refractivity contribution < 1.29 is 28.6 Å². The summed E-state index contributed by atoms with van der Waals surface area (Å²) in [5, 5.41) is 1.79. The van der Waals surface area contributed by atoms with Crippen LogP contribution in [-0.2, 0) is 14.2 Å². The van der Waals surface area contributed by atoms with Gasteiger partial charge in [-0.05, 0) is 54.0 Å². The fraction of sp³-hybridized carbons (Fsp3) is 0.435. The molecule has 8 heteroatoms. The van der Waals surface area contributed by atoms with Crippen molar-refractivity contribution in [2.75, 3.05) is 11.5 Å². The van der Waals surface area contributed by atoms with Crippen LogP contribution in [0.5, 0.6) is 0 Å². The summed E-state index contributed by atoms with van der Waals surface area (Å²) in [7, 11) is 0. The van der Waals surface area contributed by atoms with E-state index in [0.29, 0.717) is 5.56 Å². The zero-order valence-electron chi connectivity index (χ0n) is 19.0. The van der Waals surface area contributed by atoms with Crippen molar-refractivity contribution in [3.63, 3.8) is 0 Å². The monoisotopic (exact) mass is 447 g/mol. The number of anilines is 1. The Bertz CT molecular complexity index is 909. The van der Waals surface area contributed by atoms with E-state index in [-0.39, 0.29) is 17.2 Å². The maximum absolute atomic E-state index is 13.0. The number of rotatable bonds is 4. The zero-order valence-corrected chi connectivity index (χ0v) is 19.8. The topological polar surface area (TPSA) is 82.1 Å². The number of carbonyl (C=O) groups is 3. The van der Waals surface area contributed by atoms with Crippen LogP contribution in [0.15, 0.2) is 35.7 Å². The normalized spacial score (nSPS) is 11.6. The lowest BCUT2D eigenvalue weighted by molar-refractivity contribution is 0.0432. The number of thiophene rings is 1. The number of esters is 1. The van der Waals surface area contributed by atoms with Gasteiger partial charge in [-0.1, -0.05) is 30.3 Å². The van der Waals surface area contributed by atoms with Gasteiger partial charge in [0.25, 0.3) is 0 Å². The third-order valence-electron chi connectivity index (χ3n) is 3.69. The van der Waals surface area contributed by atoms with Crippen molar-refractivity contribution in [2.45, 2.75) is 59.7 Å². The zero-order chi connectivity index (χ0) is 23.4. The van der Waals surface area contributed by atoms with Crippen LogP contribution in [0.4, 0.5) is 14.6 Å². The largest absolute Gasteiger partial charge is 0.462 e. The molecule has 0 saturated heterocycles. The molecule has 2 aromatic rings. The number of carbonyl (C=O) groups excluding carboxylic acids is 3. The number of benzene rings is 1. The van der Waals surface area contributed by atoms with Gasteiger partial charge in [0.05, 0.1) is 6.61 Å². The van der Waals surface area contributed by atoms with Crippen LogP contribution in [0.1, 0.15) is 58.8 Å². The lowest BCUT2D eigenvalue weighted by Gasteiger charge is -2.28. The highest BCUT2D eigenvalue weighted by Gasteiger charge is 2.37. The Morgan fingerprint density at radius 3 is 1.87 bits per heavy atom. The quantitative estimate of drug-likeness (QED) is 0.406. The molecule has 0 saturated carbocycles. The van der Waals surface area contributed by atoms with E-state index >= 15 is 0 Å². The van der Waals surface area contributed by atoms with E-state index in [1.807, 2.05) is 30.3 Å². The van der Waals surface area contributed by atoms with E-state index in [9.17, 15) is 14.4 Å². The highest BCUT2D eigenvalue weighted by atomic mass is 32.1. The van der Waals surface area contributed by atoms with Crippen LogP contribution in [0.2, 0.25) is 0 Å². The Morgan fingerprint density at radius 1 is 0.903 bits per heavy atom. The van der Waals surface area contributed by atoms with Gasteiger partial charge >= 0.3 is 18.2 Å². The van der Waals surface area contributed by atoms with Crippen molar-refractivity contribution in [2.24, 2.45) is 0 Å². The molecule has 1 aromatic carbocycles. The molecule has 0 fully saturated rings. The standard InChI is InChI=1S/C23H29NO6S/c1-8-28-19(25)17-16(15-12-10-9-11-13-15)14-31-18(17)24(20(26)29-22(2,3)4)21(27)30-23(5,6)7/h9-14H,8H2,1-7H3. The second kappa shape index (κ2) is 9.51. The summed E-state index contributed by atoms with van der Waals surface area (Å²) in [6.07, 6.45) is -1.87. The van der Waals surface area contributed by atoms with Gasteiger partial charge in [-0.2, -0.15) is 4.90 Å². The summed E-state index contributed by atoms with van der Waals surface area (Å²) >= 11 is 1.07. The molecule has 0 spiro atoms. The average Bonchev–Trinajstić information content (AvgIpc) is 3.04. The summed E-state index contributed by atoms with van der Waals surface area (Å²) in [5.74, 6) is -0.644. The molecule has 31 heavy (non-hydrogen) atoms. The molecule has 0 atom stereocenters. The number of imide groups is 1. The molecular weight excluding hydrogens is 418 g/mol. The fourth-order valence-corrected chi connectivity index (χ4v) is 3.65. The molecule has 0 unspecified atom stereocenters. The maximum Gasteiger partial charge on any atom is 0.425 e. The minimum absolute atomic E-state index is 0.0841. The third kappa shape index (κ3) is 6.55. The summed E-state index contributed by atoms with van der Waals surface area (Å²) in [6.45, 7) is 12.0. The first-order chi connectivity index (χ1) is 14.3. The Kier molecular flexibility index (Phi) is 7.49. The van der Waals surface area contributed by atoms with Crippen molar-refractivity contribution >= 4 is 34.5 Å². The number of amides is 2. The van der Waals surface area contributed by atoms with E-state index in [4.69, 9.17) is 14.2 Å². The summed E-state index contributed by atoms with van der Waals surface area (Å²) in [5.41, 5.74) is -0.311. The van der Waals surface area contributed by atoms with Gasteiger partial charge in [-0.15, -0.1) is 11.3 Å². The third-order valence-corrected chi connectivity index (χ3v) is 4.65. The van der Waals surface area contributed by atoms with Gasteiger partial charge in [-0.25, -0.2) is 14.4 Å². The smallest absolute Gasteiger partial charge is 0.425 e. The number of ether oxygens (including phenoxy) is 3. The maximum atomic E-state index is 13.0. The fourth-order valence-electron chi connectivity index (χ4n) is 2.60. The Balaban J connectivity index is 2.66. The molecule has 1 aromatic heterocycles. The molecule has 2 amide bonds. The van der Waals surface area contributed by atoms with Gasteiger partial charge in [0.2, 0.25) is 0 Å². The van der Waals surface area contributed by atoms with Crippen LogP contribution in [-0.4, -0.2) is 36.0 Å². The number of hydrogen-bond donors (Lipinski definition) is 0. The Morgan fingerprint density at radius 2 is 1.42 bits per heavy atom. The Labute approximate surface area is 186 Å². The van der Waals surface area contributed by atoms with Crippen molar-refractivity contribution in [3.8, 4) is 11.1 Å². The van der Waals surface area contributed by atoms with Crippen LogP contribution in [0.3, 0.4) is 0 Å². The van der Waals surface area contributed by atoms with Crippen LogP contribution < -0.4 is 4.90 Å². The van der Waals surface area contributed by atoms with Gasteiger partial charge in [0, 0.05) is 10.9 Å². The first-order valence-electron chi connectivity index (χ1n) is 9.94. The van der Waals surface area contributed by atoms with E-state index in [1.54, 1.807) is 53.8 Å². The lowest BCUT2D eigenvalue weighted by Crippen LogP contribution is -2.44. The average molecular weight is 448 g/mol. The van der Waals surface area contributed by atoms with E-state index in [2.05, 4.69) is 0 Å². The van der Waals surface area contributed by atoms with Crippen LogP contribution in [0, 0.1) is 0 Å². The lowest BCUT2D eigenvalue weighted by atomic mass is 10.0. The van der Waals surface area contributed by atoms with Crippen molar-refractivity contribution in [3.05, 3.63) is 41.3 Å². The predicted molar refractivity (Wildman–Crippen MR) is 121 cm³/mol. The Hall–Kier alpha value is -2.87. The molecule has 7 nitrogen and oxygen atoms in total. The van der Waals surface area contributed by atoms with Gasteiger partial charge in [0.15, 0.2) is 0 Å². The molecule has 0 N–H and O–H groups in total. The molecule has 2 rings (SSSR count). The molecular formula is C23H29NO6S. The molecule has 0 aliphatic heterocycles. The van der Waals surface area contributed by atoms with Crippen molar-refractivity contribution in [1.29, 1.82) is 0 Å². The van der Waals surface area contributed by atoms with E-state index in [0.717, 1.165) is 21.8 Å².